The smallest absolute Gasteiger partial charge is 0.0701 e. The molecule has 0 fully saturated rings. The van der Waals surface area contributed by atoms with Crippen LogP contribution >= 0.6 is 22.6 Å². The van der Waals surface area contributed by atoms with Crippen LogP contribution in [0.3, 0.4) is 0 Å². The van der Waals surface area contributed by atoms with E-state index in [-0.39, 0.29) is 0 Å². The molecule has 0 aliphatic carbocycles. The van der Waals surface area contributed by atoms with Crippen molar-refractivity contribution in [1.82, 2.24) is 0 Å². The molecule has 0 bridgehead atoms. The van der Waals surface area contributed by atoms with Crippen molar-refractivity contribution in [3.8, 4) is 0 Å². The van der Waals surface area contributed by atoms with Crippen LogP contribution in [0.5, 0.6) is 0 Å². The highest BCUT2D eigenvalue weighted by Crippen LogP contribution is 1.86. The molecule has 0 atom stereocenters. The molecule has 0 unspecified atom stereocenters. The normalized spacial score (nSPS) is 10.7. The fraction of sp³-hybridized carbons (Fsp3) is 1.00. The van der Waals surface area contributed by atoms with E-state index >= 15 is 0 Å². The monoisotopic (exact) mass is 461 g/mol. The van der Waals surface area contributed by atoms with Crippen LogP contribution in [0, 0.1) is 0 Å². The Morgan fingerprint density at radius 1 is 0.583 bits per heavy atom. The van der Waals surface area contributed by atoms with E-state index in [0.717, 1.165) is 11.0 Å². The average molecular weight is 461 g/mol. The van der Waals surface area contributed by atoms with Gasteiger partial charge in [0.2, 0.25) is 0 Å². The van der Waals surface area contributed by atoms with Crippen LogP contribution < -0.4 is 0 Å². The molecule has 0 aromatic heterocycles. The molecule has 0 aliphatic heterocycles. The largest absolute Gasteiger partial charge is 0.379 e. The van der Waals surface area contributed by atoms with Crippen molar-refractivity contribution in [3.63, 3.8) is 0 Å². The summed E-state index contributed by atoms with van der Waals surface area (Å²) in [6, 6.07) is 0. The molecule has 0 aromatic rings. The summed E-state index contributed by atoms with van der Waals surface area (Å²) in [5.41, 5.74) is 8.06. The van der Waals surface area contributed by atoms with Crippen molar-refractivity contribution < 1.29 is 28.4 Å². The van der Waals surface area contributed by atoms with Gasteiger partial charge in [0.25, 0.3) is 0 Å². The summed E-state index contributed by atoms with van der Waals surface area (Å²) in [6.07, 6.45) is 0. The number of hydrogen-bond acceptors (Lipinski definition) is 7. The lowest BCUT2D eigenvalue weighted by Gasteiger charge is -2.08. The highest BCUT2D eigenvalue weighted by molar-refractivity contribution is 14.1. The van der Waals surface area contributed by atoms with Crippen molar-refractivity contribution >= 4 is 22.6 Å². The lowest BCUT2D eigenvalue weighted by atomic mass is 10.6. The Kier molecular flexibility index (Phi) is 22.6. The van der Waals surface area contributed by atoms with E-state index in [9.17, 15) is 0 Å². The average Bonchev–Trinajstić information content (AvgIpc) is 2.60. The topological polar surface area (TPSA) is 104 Å². The number of azide groups is 1. The van der Waals surface area contributed by atoms with Gasteiger partial charge in [-0.3, -0.25) is 0 Å². The number of nitrogens with zero attached hydrogens (tertiary/aromatic N) is 3. The fourth-order valence-electron chi connectivity index (χ4n) is 1.41. The number of alkyl halides is 1. The van der Waals surface area contributed by atoms with Gasteiger partial charge in [0, 0.05) is 15.9 Å². The van der Waals surface area contributed by atoms with Crippen LogP contribution in [0.4, 0.5) is 0 Å². The zero-order valence-electron chi connectivity index (χ0n) is 14.1. The molecule has 0 N–H and O–H groups in total. The molecular weight excluding hydrogens is 433 g/mol. The van der Waals surface area contributed by atoms with E-state index < -0.39 is 0 Å². The minimum Gasteiger partial charge on any atom is -0.379 e. The molecule has 0 spiro atoms. The summed E-state index contributed by atoms with van der Waals surface area (Å²) >= 11 is 2.27. The SMILES string of the molecule is [N-]=[N+]=NCCOCCOCCOCCOCCOCCOCCI. The second-order valence-electron chi connectivity index (χ2n) is 4.32. The number of halogens is 1. The molecule has 10 heteroatoms. The van der Waals surface area contributed by atoms with Gasteiger partial charge >= 0.3 is 0 Å². The third-order valence-electron chi connectivity index (χ3n) is 2.48. The number of hydrogen-bond donors (Lipinski definition) is 0. The van der Waals surface area contributed by atoms with Gasteiger partial charge in [-0.1, -0.05) is 27.7 Å². The summed E-state index contributed by atoms with van der Waals surface area (Å²) < 4.78 is 32.8. The first-order valence-electron chi connectivity index (χ1n) is 7.95. The maximum atomic E-state index is 8.06. The van der Waals surface area contributed by atoms with Gasteiger partial charge < -0.3 is 28.4 Å². The summed E-state index contributed by atoms with van der Waals surface area (Å²) in [4.78, 5) is 2.63. The first-order valence-corrected chi connectivity index (χ1v) is 9.47. The molecule has 24 heavy (non-hydrogen) atoms. The van der Waals surface area contributed by atoms with Gasteiger partial charge in [0.1, 0.15) is 0 Å². The van der Waals surface area contributed by atoms with Crippen LogP contribution in [0.2, 0.25) is 0 Å². The maximum Gasteiger partial charge on any atom is 0.0701 e. The Morgan fingerprint density at radius 3 is 1.25 bits per heavy atom. The van der Waals surface area contributed by atoms with Crippen LogP contribution in [0.1, 0.15) is 0 Å². The highest BCUT2D eigenvalue weighted by Gasteiger charge is 1.93. The van der Waals surface area contributed by atoms with Gasteiger partial charge in [0.05, 0.1) is 79.3 Å². The van der Waals surface area contributed by atoms with Gasteiger partial charge in [0.15, 0.2) is 0 Å². The van der Waals surface area contributed by atoms with Crippen molar-refractivity contribution in [3.05, 3.63) is 10.4 Å². The Morgan fingerprint density at radius 2 is 0.917 bits per heavy atom. The second-order valence-corrected chi connectivity index (χ2v) is 5.40. The molecule has 0 rings (SSSR count). The number of rotatable bonds is 20. The zero-order chi connectivity index (χ0) is 17.6. The second kappa shape index (κ2) is 22.8. The van der Waals surface area contributed by atoms with Crippen molar-refractivity contribution in [2.24, 2.45) is 5.11 Å². The van der Waals surface area contributed by atoms with E-state index in [2.05, 4.69) is 32.6 Å². The standard InChI is InChI=1S/C14H28IN3O6/c15-1-3-19-5-7-21-9-11-23-13-14-24-12-10-22-8-6-20-4-2-17-18-16/h1-14H2. The molecule has 0 saturated heterocycles. The number of ether oxygens (including phenoxy) is 6. The van der Waals surface area contributed by atoms with Crippen molar-refractivity contribution in [1.29, 1.82) is 0 Å². The van der Waals surface area contributed by atoms with E-state index in [0.29, 0.717) is 79.2 Å². The van der Waals surface area contributed by atoms with E-state index in [1.165, 1.54) is 0 Å². The van der Waals surface area contributed by atoms with Gasteiger partial charge in [-0.15, -0.1) is 0 Å². The highest BCUT2D eigenvalue weighted by atomic mass is 127. The van der Waals surface area contributed by atoms with Crippen LogP contribution in [-0.2, 0) is 28.4 Å². The van der Waals surface area contributed by atoms with E-state index in [4.69, 9.17) is 34.0 Å². The van der Waals surface area contributed by atoms with Gasteiger partial charge in [-0.2, -0.15) is 0 Å². The lowest BCUT2D eigenvalue weighted by molar-refractivity contribution is -0.0157. The maximum absolute atomic E-state index is 8.06. The molecule has 9 nitrogen and oxygen atoms in total. The Balaban J connectivity index is 2.96. The van der Waals surface area contributed by atoms with Crippen molar-refractivity contribution in [2.75, 3.05) is 90.3 Å². The van der Waals surface area contributed by atoms with E-state index in [1.54, 1.807) is 0 Å². The molecule has 142 valence electrons. The quantitative estimate of drug-likeness (QED) is 0.0685. The predicted molar refractivity (Wildman–Crippen MR) is 97.8 cm³/mol. The lowest BCUT2D eigenvalue weighted by Crippen LogP contribution is -2.14. The molecule has 0 saturated carbocycles. The van der Waals surface area contributed by atoms with Crippen LogP contribution in [-0.4, -0.2) is 90.3 Å². The zero-order valence-corrected chi connectivity index (χ0v) is 16.2. The minimum atomic E-state index is 0.344. The van der Waals surface area contributed by atoms with E-state index in [1.807, 2.05) is 0 Å². The first-order chi connectivity index (χ1) is 11.9. The minimum absolute atomic E-state index is 0.344. The molecule has 0 heterocycles. The van der Waals surface area contributed by atoms with Crippen LogP contribution in [0.25, 0.3) is 10.4 Å². The summed E-state index contributed by atoms with van der Waals surface area (Å²) in [5.74, 6) is 0. The predicted octanol–water partition coefficient (Wildman–Crippen LogP) is 1.83. The summed E-state index contributed by atoms with van der Waals surface area (Å²) in [5, 5.41) is 3.36. The van der Waals surface area contributed by atoms with Gasteiger partial charge in [-0.05, 0) is 5.53 Å². The molecule has 0 amide bonds. The Labute approximate surface area is 157 Å². The Hall–Kier alpha value is -0.200. The third kappa shape index (κ3) is 21.8. The van der Waals surface area contributed by atoms with Crippen LogP contribution in [0.15, 0.2) is 5.11 Å². The van der Waals surface area contributed by atoms with Crippen molar-refractivity contribution in [2.45, 2.75) is 0 Å². The molecule has 0 radical (unpaired) electrons. The molecular formula is C14H28IN3O6. The summed E-state index contributed by atoms with van der Waals surface area (Å²) in [7, 11) is 0. The summed E-state index contributed by atoms with van der Waals surface area (Å²) in [6.45, 7) is 6.96. The third-order valence-corrected chi connectivity index (χ3v) is 2.92. The fourth-order valence-corrected chi connectivity index (χ4v) is 1.72. The molecule has 0 aromatic carbocycles. The Bertz CT molecular complexity index is 296. The van der Waals surface area contributed by atoms with Gasteiger partial charge in [-0.25, -0.2) is 0 Å². The molecule has 0 aliphatic rings. The first kappa shape index (κ1) is 23.8.